The predicted octanol–water partition coefficient (Wildman–Crippen LogP) is 2.48. The van der Waals surface area contributed by atoms with Crippen LogP contribution in [0.15, 0.2) is 30.5 Å². The van der Waals surface area contributed by atoms with Crippen LogP contribution in [0.1, 0.15) is 36.0 Å². The smallest absolute Gasteiger partial charge is 0.123 e. The molecule has 0 radical (unpaired) electrons. The molecule has 1 atom stereocenters. The minimum Gasteiger partial charge on any atom is -0.394 e. The number of hydrogen-bond donors (Lipinski definition) is 1. The summed E-state index contributed by atoms with van der Waals surface area (Å²) in [5.74, 6) is 0.738. The van der Waals surface area contributed by atoms with Crippen molar-refractivity contribution in [1.82, 2.24) is 9.55 Å². The third-order valence-corrected chi connectivity index (χ3v) is 3.77. The Morgan fingerprint density at radius 1 is 1.32 bits per heavy atom. The molecule has 1 unspecified atom stereocenters. The second-order valence-corrected chi connectivity index (χ2v) is 5.07. The van der Waals surface area contributed by atoms with Crippen molar-refractivity contribution in [2.45, 2.75) is 31.7 Å². The third-order valence-electron chi connectivity index (χ3n) is 3.77. The van der Waals surface area contributed by atoms with Crippen LogP contribution in [0, 0.1) is 5.82 Å². The highest BCUT2D eigenvalue weighted by molar-refractivity contribution is 5.22. The number of aliphatic hydroxyl groups is 1. The van der Waals surface area contributed by atoms with E-state index < -0.39 is 0 Å². The lowest BCUT2D eigenvalue weighted by atomic mass is 10.0. The van der Waals surface area contributed by atoms with Crippen molar-refractivity contribution < 1.29 is 9.50 Å². The fourth-order valence-corrected chi connectivity index (χ4v) is 2.81. The van der Waals surface area contributed by atoms with Gasteiger partial charge in [-0.25, -0.2) is 9.37 Å². The van der Waals surface area contributed by atoms with Gasteiger partial charge in [0.15, 0.2) is 0 Å². The maximum absolute atomic E-state index is 12.9. The van der Waals surface area contributed by atoms with E-state index in [-0.39, 0.29) is 18.5 Å². The molecule has 100 valence electrons. The lowest BCUT2D eigenvalue weighted by Crippen LogP contribution is -2.22. The molecule has 1 aromatic heterocycles. The molecule has 0 saturated heterocycles. The van der Waals surface area contributed by atoms with E-state index in [0.717, 1.165) is 30.7 Å². The van der Waals surface area contributed by atoms with Gasteiger partial charge in [0.05, 0.1) is 12.6 Å². The number of benzene rings is 1. The summed E-state index contributed by atoms with van der Waals surface area (Å²) >= 11 is 0. The first-order valence-electron chi connectivity index (χ1n) is 6.68. The number of aliphatic hydroxyl groups excluding tert-OH is 1. The maximum atomic E-state index is 12.9. The van der Waals surface area contributed by atoms with Crippen molar-refractivity contribution in [3.63, 3.8) is 0 Å². The molecule has 2 aromatic rings. The summed E-state index contributed by atoms with van der Waals surface area (Å²) in [7, 11) is 0. The Morgan fingerprint density at radius 3 is 2.84 bits per heavy atom. The number of aromatic nitrogens is 2. The Hall–Kier alpha value is -1.68. The first kappa shape index (κ1) is 12.4. The summed E-state index contributed by atoms with van der Waals surface area (Å²) in [6, 6.07) is 6.65. The maximum Gasteiger partial charge on any atom is 0.123 e. The van der Waals surface area contributed by atoms with Crippen LogP contribution < -0.4 is 0 Å². The number of aryl methyl sites for hydroxylation is 1. The molecular formula is C15H17FN2O. The Labute approximate surface area is 111 Å². The van der Waals surface area contributed by atoms with Gasteiger partial charge in [-0.05, 0) is 37.0 Å². The molecule has 1 aromatic carbocycles. The molecule has 0 bridgehead atoms. The lowest BCUT2D eigenvalue weighted by molar-refractivity contribution is 0.204. The summed E-state index contributed by atoms with van der Waals surface area (Å²) in [4.78, 5) is 4.47. The Morgan fingerprint density at radius 2 is 2.11 bits per heavy atom. The van der Waals surface area contributed by atoms with Gasteiger partial charge >= 0.3 is 0 Å². The Balaban J connectivity index is 1.89. The molecule has 2 heterocycles. The highest BCUT2D eigenvalue weighted by atomic mass is 19.1. The summed E-state index contributed by atoms with van der Waals surface area (Å²) < 4.78 is 15.1. The van der Waals surface area contributed by atoms with Crippen molar-refractivity contribution in [3.8, 4) is 0 Å². The molecule has 1 aliphatic heterocycles. The molecular weight excluding hydrogens is 243 g/mol. The fraction of sp³-hybridized carbons (Fsp3) is 0.400. The first-order valence-corrected chi connectivity index (χ1v) is 6.68. The summed E-state index contributed by atoms with van der Waals surface area (Å²) in [6.07, 6.45) is 5.70. The van der Waals surface area contributed by atoms with Gasteiger partial charge in [0.1, 0.15) is 11.6 Å². The molecule has 0 aliphatic carbocycles. The van der Waals surface area contributed by atoms with Crippen molar-refractivity contribution in [2.75, 3.05) is 6.61 Å². The van der Waals surface area contributed by atoms with Gasteiger partial charge in [-0.1, -0.05) is 12.1 Å². The average Bonchev–Trinajstić information content (AvgIpc) is 2.85. The molecule has 0 saturated carbocycles. The second-order valence-electron chi connectivity index (χ2n) is 5.07. The largest absolute Gasteiger partial charge is 0.394 e. The number of fused-ring (bicyclic) bond motifs is 1. The van der Waals surface area contributed by atoms with Gasteiger partial charge in [0.25, 0.3) is 0 Å². The summed E-state index contributed by atoms with van der Waals surface area (Å²) in [6.45, 7) is 0.153. The molecule has 19 heavy (non-hydrogen) atoms. The van der Waals surface area contributed by atoms with Gasteiger partial charge in [0, 0.05) is 18.3 Å². The Kier molecular flexibility index (Phi) is 3.34. The van der Waals surface area contributed by atoms with Crippen LogP contribution in [0.25, 0.3) is 0 Å². The summed E-state index contributed by atoms with van der Waals surface area (Å²) in [5.41, 5.74) is 2.24. The van der Waals surface area contributed by atoms with E-state index in [2.05, 4.69) is 9.55 Å². The lowest BCUT2D eigenvalue weighted by Gasteiger charge is -2.25. The van der Waals surface area contributed by atoms with Crippen molar-refractivity contribution in [2.24, 2.45) is 0 Å². The predicted molar refractivity (Wildman–Crippen MR) is 70.5 cm³/mol. The van der Waals surface area contributed by atoms with Crippen LogP contribution in [0.4, 0.5) is 4.39 Å². The van der Waals surface area contributed by atoms with Crippen LogP contribution in [-0.4, -0.2) is 21.3 Å². The molecule has 1 N–H and O–H groups in total. The zero-order valence-corrected chi connectivity index (χ0v) is 10.7. The average molecular weight is 260 g/mol. The monoisotopic (exact) mass is 260 g/mol. The van der Waals surface area contributed by atoms with E-state index in [9.17, 15) is 9.50 Å². The number of rotatable bonds is 3. The highest BCUT2D eigenvalue weighted by Crippen LogP contribution is 2.27. The molecule has 0 spiro atoms. The SMILES string of the molecule is OCC1CCCc2cnc(Cc3ccc(F)cc3)n21. The zero-order chi connectivity index (χ0) is 13.2. The van der Waals surface area contributed by atoms with E-state index in [1.165, 1.54) is 17.8 Å². The van der Waals surface area contributed by atoms with Gasteiger partial charge < -0.3 is 9.67 Å². The van der Waals surface area contributed by atoms with Crippen molar-refractivity contribution >= 4 is 0 Å². The molecule has 1 aliphatic rings. The van der Waals surface area contributed by atoms with E-state index in [1.54, 1.807) is 12.1 Å². The fourth-order valence-electron chi connectivity index (χ4n) is 2.81. The Bertz CT molecular complexity index is 562. The van der Waals surface area contributed by atoms with E-state index in [0.29, 0.717) is 6.42 Å². The number of hydrogen-bond acceptors (Lipinski definition) is 2. The standard InChI is InChI=1S/C15H17FN2O/c16-12-6-4-11(5-7-12)8-15-17-9-13-2-1-3-14(10-19)18(13)15/h4-7,9,14,19H,1-3,8,10H2. The molecule has 0 fully saturated rings. The van der Waals surface area contributed by atoms with Gasteiger partial charge in [-0.2, -0.15) is 0 Å². The van der Waals surface area contributed by atoms with Gasteiger partial charge in [-0.3, -0.25) is 0 Å². The van der Waals surface area contributed by atoms with E-state index >= 15 is 0 Å². The summed E-state index contributed by atoms with van der Waals surface area (Å²) in [5, 5.41) is 9.48. The first-order chi connectivity index (χ1) is 9.28. The normalized spacial score (nSPS) is 18.3. The van der Waals surface area contributed by atoms with Crippen LogP contribution in [-0.2, 0) is 12.8 Å². The van der Waals surface area contributed by atoms with E-state index in [1.807, 2.05) is 6.20 Å². The zero-order valence-electron chi connectivity index (χ0n) is 10.7. The minimum atomic E-state index is -0.220. The number of imidazole rings is 1. The van der Waals surface area contributed by atoms with Crippen LogP contribution in [0.5, 0.6) is 0 Å². The van der Waals surface area contributed by atoms with Gasteiger partial charge in [-0.15, -0.1) is 0 Å². The van der Waals surface area contributed by atoms with Crippen molar-refractivity contribution in [1.29, 1.82) is 0 Å². The number of halogens is 1. The molecule has 0 amide bonds. The van der Waals surface area contributed by atoms with Gasteiger partial charge in [0.2, 0.25) is 0 Å². The highest BCUT2D eigenvalue weighted by Gasteiger charge is 2.22. The molecule has 3 rings (SSSR count). The second kappa shape index (κ2) is 5.13. The molecule has 3 nitrogen and oxygen atoms in total. The molecule has 4 heteroatoms. The van der Waals surface area contributed by atoms with Crippen LogP contribution in [0.2, 0.25) is 0 Å². The minimum absolute atomic E-state index is 0.140. The van der Waals surface area contributed by atoms with Crippen LogP contribution >= 0.6 is 0 Å². The quantitative estimate of drug-likeness (QED) is 0.920. The van der Waals surface area contributed by atoms with Crippen molar-refractivity contribution in [3.05, 3.63) is 53.4 Å². The van der Waals surface area contributed by atoms with E-state index in [4.69, 9.17) is 0 Å². The third kappa shape index (κ3) is 2.40. The van der Waals surface area contributed by atoms with Crippen LogP contribution in [0.3, 0.4) is 0 Å². The number of nitrogens with zero attached hydrogens (tertiary/aromatic N) is 2. The topological polar surface area (TPSA) is 38.1 Å².